The van der Waals surface area contributed by atoms with Crippen LogP contribution in [0.5, 0.6) is 5.75 Å². The minimum atomic E-state index is -0.117. The van der Waals surface area contributed by atoms with Crippen LogP contribution in [0, 0.1) is 0 Å². The van der Waals surface area contributed by atoms with E-state index in [-0.39, 0.29) is 11.5 Å². The molecule has 0 atom stereocenters. The number of phenols is 1. The molecule has 0 radical (unpaired) electrons. The number of aromatic hydroxyl groups is 1. The van der Waals surface area contributed by atoms with Gasteiger partial charge in [0.25, 0.3) is 0 Å². The average molecular weight is 186 g/mol. The number of fused-ring (bicyclic) bond motifs is 1. The van der Waals surface area contributed by atoms with E-state index in [4.69, 9.17) is 0 Å². The van der Waals surface area contributed by atoms with Crippen molar-refractivity contribution >= 4 is 16.6 Å². The fraction of sp³-hybridized carbons (Fsp3) is 0.0833. The molecule has 0 aliphatic carbocycles. The average Bonchev–Trinajstić information content (AvgIpc) is 2.16. The number of carbonyl (C=O) groups is 1. The molecule has 2 rings (SSSR count). The van der Waals surface area contributed by atoms with E-state index in [9.17, 15) is 9.90 Å². The molecule has 0 spiro atoms. The van der Waals surface area contributed by atoms with E-state index in [2.05, 4.69) is 0 Å². The van der Waals surface area contributed by atoms with Crippen molar-refractivity contribution in [2.24, 2.45) is 0 Å². The molecule has 0 heterocycles. The molecule has 2 nitrogen and oxygen atoms in total. The summed E-state index contributed by atoms with van der Waals surface area (Å²) < 4.78 is 0. The monoisotopic (exact) mass is 186 g/mol. The summed E-state index contributed by atoms with van der Waals surface area (Å²) >= 11 is 0. The van der Waals surface area contributed by atoms with Crippen LogP contribution in [0.3, 0.4) is 0 Å². The summed E-state index contributed by atoms with van der Waals surface area (Å²) in [6, 6.07) is 11.0. The number of ketones is 1. The maximum absolute atomic E-state index is 11.1. The van der Waals surface area contributed by atoms with Crippen LogP contribution < -0.4 is 0 Å². The molecule has 0 saturated heterocycles. The lowest BCUT2D eigenvalue weighted by molar-refractivity contribution is 0.101. The number of phenolic OH excluding ortho intramolecular Hbond substituents is 1. The molecular formula is C12H10O2. The Morgan fingerprint density at radius 1 is 1.14 bits per heavy atom. The second-order valence-corrected chi connectivity index (χ2v) is 3.27. The summed E-state index contributed by atoms with van der Waals surface area (Å²) in [6.45, 7) is 1.45. The zero-order chi connectivity index (χ0) is 10.1. The Morgan fingerprint density at radius 2 is 1.71 bits per heavy atom. The van der Waals surface area contributed by atoms with Gasteiger partial charge in [0.1, 0.15) is 5.75 Å². The first-order valence-electron chi connectivity index (χ1n) is 4.41. The Bertz CT molecular complexity index is 501. The first-order valence-corrected chi connectivity index (χ1v) is 4.41. The van der Waals surface area contributed by atoms with Gasteiger partial charge in [-0.05, 0) is 29.8 Å². The van der Waals surface area contributed by atoms with Gasteiger partial charge in [-0.1, -0.05) is 24.3 Å². The highest BCUT2D eigenvalue weighted by molar-refractivity contribution is 6.01. The van der Waals surface area contributed by atoms with Crippen LogP contribution >= 0.6 is 0 Å². The number of rotatable bonds is 1. The Labute approximate surface area is 81.8 Å². The SMILES string of the molecule is CC(=O)c1cc2ccccc2cc1O. The fourth-order valence-corrected chi connectivity index (χ4v) is 1.51. The maximum atomic E-state index is 11.1. The van der Waals surface area contributed by atoms with Crippen LogP contribution in [0.25, 0.3) is 10.8 Å². The molecule has 70 valence electrons. The second-order valence-electron chi connectivity index (χ2n) is 3.27. The normalized spacial score (nSPS) is 10.4. The molecule has 0 unspecified atom stereocenters. The quantitative estimate of drug-likeness (QED) is 0.695. The van der Waals surface area contributed by atoms with Crippen molar-refractivity contribution in [2.45, 2.75) is 6.92 Å². The molecule has 2 heteroatoms. The lowest BCUT2D eigenvalue weighted by Crippen LogP contribution is -1.92. The van der Waals surface area contributed by atoms with Crippen LogP contribution in [0.15, 0.2) is 36.4 Å². The molecule has 0 saturated carbocycles. The molecule has 2 aromatic rings. The van der Waals surface area contributed by atoms with Crippen LogP contribution in [0.2, 0.25) is 0 Å². The highest BCUT2D eigenvalue weighted by atomic mass is 16.3. The Balaban J connectivity index is 2.77. The second kappa shape index (κ2) is 3.14. The van der Waals surface area contributed by atoms with Crippen molar-refractivity contribution in [3.63, 3.8) is 0 Å². The van der Waals surface area contributed by atoms with E-state index in [1.54, 1.807) is 12.1 Å². The largest absolute Gasteiger partial charge is 0.507 e. The van der Waals surface area contributed by atoms with E-state index in [1.807, 2.05) is 24.3 Å². The van der Waals surface area contributed by atoms with Gasteiger partial charge in [0.2, 0.25) is 0 Å². The van der Waals surface area contributed by atoms with Crippen molar-refractivity contribution in [2.75, 3.05) is 0 Å². The van der Waals surface area contributed by atoms with Crippen molar-refractivity contribution in [3.8, 4) is 5.75 Å². The molecule has 0 aliphatic rings. The summed E-state index contributed by atoms with van der Waals surface area (Å²) in [7, 11) is 0. The predicted octanol–water partition coefficient (Wildman–Crippen LogP) is 2.75. The number of carbonyl (C=O) groups excluding carboxylic acids is 1. The van der Waals surface area contributed by atoms with Gasteiger partial charge in [0.05, 0.1) is 5.56 Å². The van der Waals surface area contributed by atoms with E-state index in [1.165, 1.54) is 6.92 Å². The molecule has 0 aromatic heterocycles. The minimum Gasteiger partial charge on any atom is -0.507 e. The molecule has 0 bridgehead atoms. The van der Waals surface area contributed by atoms with Crippen LogP contribution in [0.4, 0.5) is 0 Å². The topological polar surface area (TPSA) is 37.3 Å². The number of hydrogen-bond donors (Lipinski definition) is 1. The molecule has 0 fully saturated rings. The van der Waals surface area contributed by atoms with Gasteiger partial charge >= 0.3 is 0 Å². The standard InChI is InChI=1S/C12H10O2/c1-8(13)11-6-9-4-2-3-5-10(9)7-12(11)14/h2-7,14H,1H3. The highest BCUT2D eigenvalue weighted by Gasteiger charge is 2.07. The van der Waals surface area contributed by atoms with Gasteiger partial charge < -0.3 is 5.11 Å². The third-order valence-electron chi connectivity index (χ3n) is 2.24. The summed E-state index contributed by atoms with van der Waals surface area (Å²) in [5, 5.41) is 11.5. The van der Waals surface area contributed by atoms with Crippen molar-refractivity contribution in [3.05, 3.63) is 42.0 Å². The van der Waals surface area contributed by atoms with Gasteiger partial charge in [0, 0.05) is 0 Å². The summed E-state index contributed by atoms with van der Waals surface area (Å²) in [5.74, 6) is -0.0653. The molecule has 14 heavy (non-hydrogen) atoms. The first-order chi connectivity index (χ1) is 6.68. The van der Waals surface area contributed by atoms with Crippen molar-refractivity contribution < 1.29 is 9.90 Å². The van der Waals surface area contributed by atoms with Crippen molar-refractivity contribution in [1.29, 1.82) is 0 Å². The molecule has 0 aliphatic heterocycles. The van der Waals surface area contributed by atoms with Gasteiger partial charge in [-0.25, -0.2) is 0 Å². The van der Waals surface area contributed by atoms with E-state index in [0.29, 0.717) is 5.56 Å². The van der Waals surface area contributed by atoms with E-state index < -0.39 is 0 Å². The third-order valence-corrected chi connectivity index (χ3v) is 2.24. The Hall–Kier alpha value is -1.83. The van der Waals surface area contributed by atoms with Gasteiger partial charge in [-0.3, -0.25) is 4.79 Å². The molecule has 1 N–H and O–H groups in total. The van der Waals surface area contributed by atoms with Gasteiger partial charge in [-0.15, -0.1) is 0 Å². The number of Topliss-reactive ketones (excluding diaryl/α,β-unsaturated/α-hetero) is 1. The molecule has 2 aromatic carbocycles. The zero-order valence-electron chi connectivity index (χ0n) is 7.82. The lowest BCUT2D eigenvalue weighted by Gasteiger charge is -2.03. The van der Waals surface area contributed by atoms with Gasteiger partial charge in [-0.2, -0.15) is 0 Å². The van der Waals surface area contributed by atoms with Crippen LogP contribution in [0.1, 0.15) is 17.3 Å². The third kappa shape index (κ3) is 1.35. The maximum Gasteiger partial charge on any atom is 0.163 e. The molecule has 0 amide bonds. The van der Waals surface area contributed by atoms with E-state index >= 15 is 0 Å². The van der Waals surface area contributed by atoms with Crippen LogP contribution in [-0.4, -0.2) is 10.9 Å². The summed E-state index contributed by atoms with van der Waals surface area (Å²) in [5.41, 5.74) is 0.378. The minimum absolute atomic E-state index is 0.0520. The lowest BCUT2D eigenvalue weighted by atomic mass is 10.0. The zero-order valence-corrected chi connectivity index (χ0v) is 7.82. The first kappa shape index (κ1) is 8.75. The number of hydrogen-bond acceptors (Lipinski definition) is 2. The van der Waals surface area contributed by atoms with Crippen LogP contribution in [-0.2, 0) is 0 Å². The van der Waals surface area contributed by atoms with Crippen molar-refractivity contribution in [1.82, 2.24) is 0 Å². The molecular weight excluding hydrogens is 176 g/mol. The summed E-state index contributed by atoms with van der Waals surface area (Å²) in [6.07, 6.45) is 0. The number of benzene rings is 2. The predicted molar refractivity (Wildman–Crippen MR) is 55.6 cm³/mol. The smallest absolute Gasteiger partial charge is 0.163 e. The van der Waals surface area contributed by atoms with E-state index in [0.717, 1.165) is 10.8 Å². The van der Waals surface area contributed by atoms with Gasteiger partial charge in [0.15, 0.2) is 5.78 Å². The Morgan fingerprint density at radius 3 is 2.29 bits per heavy atom. The fourth-order valence-electron chi connectivity index (χ4n) is 1.51. The Kier molecular flexibility index (Phi) is 1.97. The summed E-state index contributed by atoms with van der Waals surface area (Å²) in [4.78, 5) is 11.1. The highest BCUT2D eigenvalue weighted by Crippen LogP contribution is 2.24.